The van der Waals surface area contributed by atoms with Gasteiger partial charge in [0.05, 0.1) is 23.6 Å². The van der Waals surface area contributed by atoms with E-state index in [4.69, 9.17) is 0 Å². The maximum atomic E-state index is 14.1. The molecule has 2 aromatic rings. The minimum Gasteiger partial charge on any atom is -0.388 e. The van der Waals surface area contributed by atoms with Crippen LogP contribution in [0.15, 0.2) is 35.5 Å². The van der Waals surface area contributed by atoms with Crippen LogP contribution in [0.5, 0.6) is 0 Å². The summed E-state index contributed by atoms with van der Waals surface area (Å²) in [7, 11) is 0. The summed E-state index contributed by atoms with van der Waals surface area (Å²) in [6.07, 6.45) is -2.26. The van der Waals surface area contributed by atoms with Crippen LogP contribution in [0, 0.1) is 11.7 Å². The molecule has 0 radical (unpaired) electrons. The van der Waals surface area contributed by atoms with Gasteiger partial charge in [-0.15, -0.1) is 0 Å². The molecule has 1 atom stereocenters. The number of halogens is 4. The maximum absolute atomic E-state index is 14.1. The molecule has 2 aromatic heterocycles. The third-order valence-corrected chi connectivity index (χ3v) is 3.94. The van der Waals surface area contributed by atoms with E-state index in [-0.39, 0.29) is 17.3 Å². The van der Waals surface area contributed by atoms with Crippen LogP contribution in [-0.4, -0.2) is 32.9 Å². The molecule has 0 fully saturated rings. The van der Waals surface area contributed by atoms with E-state index in [2.05, 4.69) is 15.0 Å². The first kappa shape index (κ1) is 21.0. The SMILES string of the molecule is CC(C)[C@@H](/N=C/c1nc(-c2ccc(C(F)(F)F)nc2)ccc1F)C(C)(C)O. The first-order valence-corrected chi connectivity index (χ1v) is 8.35. The molecule has 0 aliphatic heterocycles. The molecule has 1 N–H and O–H groups in total. The summed E-state index contributed by atoms with van der Waals surface area (Å²) in [5.41, 5.74) is -1.60. The van der Waals surface area contributed by atoms with E-state index in [0.717, 1.165) is 18.3 Å². The second kappa shape index (κ2) is 7.72. The van der Waals surface area contributed by atoms with Crippen molar-refractivity contribution in [2.24, 2.45) is 10.9 Å². The van der Waals surface area contributed by atoms with Crippen LogP contribution in [0.2, 0.25) is 0 Å². The second-order valence-corrected chi connectivity index (χ2v) is 7.11. The summed E-state index contributed by atoms with van der Waals surface area (Å²) in [5.74, 6) is -0.618. The molecule has 0 saturated heterocycles. The molecule has 0 aliphatic carbocycles. The fourth-order valence-corrected chi connectivity index (χ4v) is 2.74. The standard InChI is InChI=1S/C19H21F4N3O/c1-11(2)17(18(3,4)27)25-10-15-13(20)6-7-14(26-15)12-5-8-16(24-9-12)19(21,22)23/h5-11,17,27H,1-4H3/b25-10+/t17-/m1/s1. The van der Waals surface area contributed by atoms with Gasteiger partial charge in [0.1, 0.15) is 17.2 Å². The molecule has 27 heavy (non-hydrogen) atoms. The number of aromatic nitrogens is 2. The number of alkyl halides is 3. The number of aliphatic hydroxyl groups is 1. The van der Waals surface area contributed by atoms with Crippen molar-refractivity contribution in [3.8, 4) is 11.3 Å². The normalized spacial score (nSPS) is 14.1. The zero-order chi connectivity index (χ0) is 20.4. The Morgan fingerprint density at radius 3 is 2.26 bits per heavy atom. The molecule has 0 saturated carbocycles. The van der Waals surface area contributed by atoms with Crippen molar-refractivity contribution < 1.29 is 22.7 Å². The first-order chi connectivity index (χ1) is 12.4. The smallest absolute Gasteiger partial charge is 0.388 e. The zero-order valence-electron chi connectivity index (χ0n) is 15.4. The van der Waals surface area contributed by atoms with Crippen molar-refractivity contribution in [3.05, 3.63) is 47.7 Å². The summed E-state index contributed by atoms with van der Waals surface area (Å²) in [4.78, 5) is 11.8. The topological polar surface area (TPSA) is 58.4 Å². The van der Waals surface area contributed by atoms with E-state index in [0.29, 0.717) is 5.56 Å². The van der Waals surface area contributed by atoms with Crippen LogP contribution in [0.3, 0.4) is 0 Å². The molecule has 8 heteroatoms. The van der Waals surface area contributed by atoms with Gasteiger partial charge in [0.25, 0.3) is 0 Å². The molecular formula is C19H21F4N3O. The minimum absolute atomic E-state index is 0.00612. The molecule has 0 unspecified atom stereocenters. The van der Waals surface area contributed by atoms with Gasteiger partial charge in [0.2, 0.25) is 0 Å². The lowest BCUT2D eigenvalue weighted by atomic mass is 9.90. The van der Waals surface area contributed by atoms with Crippen molar-refractivity contribution in [1.82, 2.24) is 9.97 Å². The Kier molecular flexibility index (Phi) is 5.99. The highest BCUT2D eigenvalue weighted by molar-refractivity contribution is 5.79. The molecule has 146 valence electrons. The monoisotopic (exact) mass is 383 g/mol. The van der Waals surface area contributed by atoms with Crippen molar-refractivity contribution in [2.45, 2.75) is 45.5 Å². The quantitative estimate of drug-likeness (QED) is 0.610. The van der Waals surface area contributed by atoms with Crippen LogP contribution in [0.4, 0.5) is 17.6 Å². The Hall–Kier alpha value is -2.35. The predicted molar refractivity (Wildman–Crippen MR) is 94.9 cm³/mol. The fourth-order valence-electron chi connectivity index (χ4n) is 2.74. The highest BCUT2D eigenvalue weighted by Crippen LogP contribution is 2.28. The summed E-state index contributed by atoms with van der Waals surface area (Å²) >= 11 is 0. The summed E-state index contributed by atoms with van der Waals surface area (Å²) < 4.78 is 51.9. The van der Waals surface area contributed by atoms with Crippen molar-refractivity contribution in [1.29, 1.82) is 0 Å². The van der Waals surface area contributed by atoms with Crippen LogP contribution >= 0.6 is 0 Å². The molecule has 0 bridgehead atoms. The predicted octanol–water partition coefficient (Wildman–Crippen LogP) is 4.52. The molecule has 2 heterocycles. The van der Waals surface area contributed by atoms with Gasteiger partial charge in [-0.2, -0.15) is 13.2 Å². The van der Waals surface area contributed by atoms with Crippen LogP contribution in [0.1, 0.15) is 39.1 Å². The van der Waals surface area contributed by atoms with Gasteiger partial charge < -0.3 is 5.11 Å². The van der Waals surface area contributed by atoms with E-state index in [9.17, 15) is 22.7 Å². The molecule has 2 rings (SSSR count). The molecular weight excluding hydrogens is 362 g/mol. The van der Waals surface area contributed by atoms with Crippen LogP contribution < -0.4 is 0 Å². The number of hydrogen-bond donors (Lipinski definition) is 1. The van der Waals surface area contributed by atoms with Gasteiger partial charge in [0, 0.05) is 11.8 Å². The Bertz CT molecular complexity index is 809. The van der Waals surface area contributed by atoms with E-state index in [1.165, 1.54) is 18.3 Å². The molecule has 0 spiro atoms. The van der Waals surface area contributed by atoms with E-state index in [1.54, 1.807) is 13.8 Å². The van der Waals surface area contributed by atoms with Crippen molar-refractivity contribution in [3.63, 3.8) is 0 Å². The average Bonchev–Trinajstić information content (AvgIpc) is 2.54. The summed E-state index contributed by atoms with van der Waals surface area (Å²) in [6, 6.07) is 4.11. The Labute approximate surface area is 155 Å². The average molecular weight is 383 g/mol. The van der Waals surface area contributed by atoms with Gasteiger partial charge in [-0.25, -0.2) is 9.37 Å². The summed E-state index contributed by atoms with van der Waals surface area (Å²) in [6.45, 7) is 6.99. The lowest BCUT2D eigenvalue weighted by Crippen LogP contribution is -2.38. The third-order valence-electron chi connectivity index (χ3n) is 3.94. The number of nitrogens with zero attached hydrogens (tertiary/aromatic N) is 3. The Morgan fingerprint density at radius 2 is 1.78 bits per heavy atom. The Morgan fingerprint density at radius 1 is 1.11 bits per heavy atom. The van der Waals surface area contributed by atoms with Gasteiger partial charge >= 0.3 is 6.18 Å². The largest absolute Gasteiger partial charge is 0.433 e. The van der Waals surface area contributed by atoms with Crippen molar-refractivity contribution in [2.75, 3.05) is 0 Å². The molecule has 4 nitrogen and oxygen atoms in total. The second-order valence-electron chi connectivity index (χ2n) is 7.11. The Balaban J connectivity index is 2.35. The van der Waals surface area contributed by atoms with E-state index >= 15 is 0 Å². The molecule has 0 amide bonds. The number of aliphatic imine (C=N–C) groups is 1. The lowest BCUT2D eigenvalue weighted by Gasteiger charge is -2.29. The van der Waals surface area contributed by atoms with E-state index < -0.39 is 29.3 Å². The minimum atomic E-state index is -4.53. The molecule has 0 aliphatic rings. The van der Waals surface area contributed by atoms with Crippen molar-refractivity contribution >= 4 is 6.21 Å². The lowest BCUT2D eigenvalue weighted by molar-refractivity contribution is -0.141. The van der Waals surface area contributed by atoms with Gasteiger partial charge in [0.15, 0.2) is 0 Å². The maximum Gasteiger partial charge on any atom is 0.433 e. The van der Waals surface area contributed by atoms with Crippen LogP contribution in [0.25, 0.3) is 11.3 Å². The van der Waals surface area contributed by atoms with E-state index in [1.807, 2.05) is 13.8 Å². The number of pyridine rings is 2. The van der Waals surface area contributed by atoms with Crippen LogP contribution in [-0.2, 0) is 6.18 Å². The fraction of sp³-hybridized carbons (Fsp3) is 0.421. The third kappa shape index (κ3) is 5.32. The highest BCUT2D eigenvalue weighted by Gasteiger charge is 2.32. The van der Waals surface area contributed by atoms with Gasteiger partial charge in [-0.1, -0.05) is 13.8 Å². The number of rotatable bonds is 5. The highest BCUT2D eigenvalue weighted by atomic mass is 19.4. The molecule has 0 aromatic carbocycles. The summed E-state index contributed by atoms with van der Waals surface area (Å²) in [5, 5.41) is 10.2. The van der Waals surface area contributed by atoms with Gasteiger partial charge in [-0.3, -0.25) is 9.98 Å². The zero-order valence-corrected chi connectivity index (χ0v) is 15.4. The number of hydrogen-bond acceptors (Lipinski definition) is 4. The van der Waals surface area contributed by atoms with Gasteiger partial charge in [-0.05, 0) is 44.0 Å². The first-order valence-electron chi connectivity index (χ1n) is 8.35.